The Hall–Kier alpha value is -3.10. The smallest absolute Gasteiger partial charge is 0.416 e. The third kappa shape index (κ3) is 4.46. The zero-order valence-corrected chi connectivity index (χ0v) is 13.0. The van der Waals surface area contributed by atoms with Gasteiger partial charge in [-0.3, -0.25) is 14.9 Å². The maximum absolute atomic E-state index is 12.5. The lowest BCUT2D eigenvalue weighted by Gasteiger charge is -2.09. The molecule has 0 heterocycles. The molecule has 1 amide bonds. The van der Waals surface area contributed by atoms with Gasteiger partial charge in [0.15, 0.2) is 5.75 Å². The number of amides is 1. The summed E-state index contributed by atoms with van der Waals surface area (Å²) in [5.41, 5.74) is -0.637. The number of rotatable bonds is 5. The maximum Gasteiger partial charge on any atom is 0.416 e. The average Bonchev–Trinajstić information content (AvgIpc) is 2.58. The first-order valence-electron chi connectivity index (χ1n) is 6.99. The molecule has 0 aliphatic rings. The number of hydrogen-bond acceptors (Lipinski definition) is 4. The predicted molar refractivity (Wildman–Crippen MR) is 82.3 cm³/mol. The van der Waals surface area contributed by atoms with Crippen LogP contribution >= 0.6 is 0 Å². The largest absolute Gasteiger partial charge is 0.490 e. The molecule has 2 rings (SSSR count). The minimum Gasteiger partial charge on any atom is -0.490 e. The van der Waals surface area contributed by atoms with E-state index < -0.39 is 22.6 Å². The molecule has 0 aliphatic heterocycles. The molecule has 0 bridgehead atoms. The fourth-order valence-corrected chi connectivity index (χ4v) is 2.07. The number of hydrogen-bond donors (Lipinski definition) is 1. The number of halogens is 3. The number of carbonyl (C=O) groups excluding carboxylic acids is 1. The predicted octanol–water partition coefficient (Wildman–Crippen LogP) is 3.55. The first-order valence-corrected chi connectivity index (χ1v) is 6.99. The van der Waals surface area contributed by atoms with Crippen LogP contribution in [0.5, 0.6) is 5.75 Å². The van der Waals surface area contributed by atoms with Crippen LogP contribution in [0, 0.1) is 10.1 Å². The molecule has 6 nitrogen and oxygen atoms in total. The van der Waals surface area contributed by atoms with Crippen LogP contribution in [-0.4, -0.2) is 17.9 Å². The monoisotopic (exact) mass is 354 g/mol. The Morgan fingerprint density at radius 2 is 1.84 bits per heavy atom. The van der Waals surface area contributed by atoms with Crippen molar-refractivity contribution in [3.05, 3.63) is 69.3 Å². The summed E-state index contributed by atoms with van der Waals surface area (Å²) in [6.07, 6.45) is -4.43. The molecule has 0 saturated carbocycles. The molecule has 2 aromatic rings. The van der Waals surface area contributed by atoms with Gasteiger partial charge in [-0.2, -0.15) is 13.2 Å². The van der Waals surface area contributed by atoms with E-state index in [2.05, 4.69) is 5.32 Å². The lowest BCUT2D eigenvalue weighted by atomic mass is 10.1. The number of nitro benzene ring substituents is 1. The summed E-state index contributed by atoms with van der Waals surface area (Å²) in [7, 11) is 1.27. The Morgan fingerprint density at radius 3 is 2.36 bits per heavy atom. The lowest BCUT2D eigenvalue weighted by molar-refractivity contribution is -0.385. The molecule has 0 atom stereocenters. The van der Waals surface area contributed by atoms with Crippen molar-refractivity contribution in [3.63, 3.8) is 0 Å². The van der Waals surface area contributed by atoms with E-state index in [1.807, 2.05) is 0 Å². The van der Waals surface area contributed by atoms with E-state index in [4.69, 9.17) is 4.74 Å². The molecule has 132 valence electrons. The summed E-state index contributed by atoms with van der Waals surface area (Å²) in [5, 5.41) is 13.4. The van der Waals surface area contributed by atoms with Gasteiger partial charge in [-0.25, -0.2) is 0 Å². The maximum atomic E-state index is 12.5. The quantitative estimate of drug-likeness (QED) is 0.658. The molecule has 0 fully saturated rings. The van der Waals surface area contributed by atoms with E-state index in [0.29, 0.717) is 5.56 Å². The van der Waals surface area contributed by atoms with Crippen LogP contribution in [0.2, 0.25) is 0 Å². The van der Waals surface area contributed by atoms with Gasteiger partial charge in [0.25, 0.3) is 5.91 Å². The van der Waals surface area contributed by atoms with Gasteiger partial charge in [0.05, 0.1) is 17.6 Å². The van der Waals surface area contributed by atoms with Gasteiger partial charge in [0.2, 0.25) is 0 Å². The van der Waals surface area contributed by atoms with Crippen LogP contribution < -0.4 is 10.1 Å². The van der Waals surface area contributed by atoms with Crippen molar-refractivity contribution in [2.24, 2.45) is 0 Å². The number of nitrogens with one attached hydrogen (secondary N) is 1. The fourth-order valence-electron chi connectivity index (χ4n) is 2.07. The average molecular weight is 354 g/mol. The fraction of sp³-hybridized carbons (Fsp3) is 0.188. The number of nitro groups is 1. The van der Waals surface area contributed by atoms with Gasteiger partial charge >= 0.3 is 11.9 Å². The van der Waals surface area contributed by atoms with Crippen molar-refractivity contribution in [3.8, 4) is 5.75 Å². The topological polar surface area (TPSA) is 81.5 Å². The second kappa shape index (κ2) is 7.20. The molecule has 0 spiro atoms. The Bertz CT molecular complexity index is 789. The van der Waals surface area contributed by atoms with Crippen molar-refractivity contribution >= 4 is 11.6 Å². The van der Waals surface area contributed by atoms with Crippen LogP contribution in [0.3, 0.4) is 0 Å². The minimum absolute atomic E-state index is 0.0171. The van der Waals surface area contributed by atoms with Gasteiger partial charge in [0.1, 0.15) is 0 Å². The van der Waals surface area contributed by atoms with Gasteiger partial charge in [-0.1, -0.05) is 12.1 Å². The number of methoxy groups -OCH3 is 1. The summed E-state index contributed by atoms with van der Waals surface area (Å²) in [6, 6.07) is 8.05. The first kappa shape index (κ1) is 18.2. The van der Waals surface area contributed by atoms with Crippen LogP contribution in [0.25, 0.3) is 0 Å². The van der Waals surface area contributed by atoms with Crippen molar-refractivity contribution in [2.45, 2.75) is 12.7 Å². The van der Waals surface area contributed by atoms with E-state index in [1.54, 1.807) is 0 Å². The number of benzene rings is 2. The van der Waals surface area contributed by atoms with Crippen LogP contribution in [0.1, 0.15) is 21.5 Å². The van der Waals surface area contributed by atoms with Crippen molar-refractivity contribution in [2.75, 3.05) is 7.11 Å². The van der Waals surface area contributed by atoms with Gasteiger partial charge < -0.3 is 10.1 Å². The summed E-state index contributed by atoms with van der Waals surface area (Å²) in [4.78, 5) is 22.3. The van der Waals surface area contributed by atoms with E-state index >= 15 is 0 Å². The molecular formula is C16H13F3N2O4. The Kier molecular flexibility index (Phi) is 5.26. The molecule has 25 heavy (non-hydrogen) atoms. The number of nitrogens with zero attached hydrogens (tertiary/aromatic N) is 1. The summed E-state index contributed by atoms with van der Waals surface area (Å²) in [5.74, 6) is -0.574. The third-order valence-corrected chi connectivity index (χ3v) is 3.37. The standard InChI is InChI=1S/C16H13F3N2O4/c1-25-14-7-4-11(8-13(14)21(23)24)15(22)20-9-10-2-5-12(6-3-10)16(17,18)19/h2-8H,9H2,1H3,(H,20,22). The zero-order valence-electron chi connectivity index (χ0n) is 13.0. The first-order chi connectivity index (χ1) is 11.7. The zero-order chi connectivity index (χ0) is 18.6. The number of alkyl halides is 3. The normalized spacial score (nSPS) is 11.0. The van der Waals surface area contributed by atoms with E-state index in [-0.39, 0.29) is 23.5 Å². The summed E-state index contributed by atoms with van der Waals surface area (Å²) >= 11 is 0. The Morgan fingerprint density at radius 1 is 1.20 bits per heavy atom. The molecule has 1 N–H and O–H groups in total. The van der Waals surface area contributed by atoms with Gasteiger partial charge in [-0.15, -0.1) is 0 Å². The second-order valence-corrected chi connectivity index (χ2v) is 5.02. The molecule has 2 aromatic carbocycles. The highest BCUT2D eigenvalue weighted by molar-refractivity contribution is 5.95. The van der Waals surface area contributed by atoms with Crippen molar-refractivity contribution in [1.82, 2.24) is 5.32 Å². The van der Waals surface area contributed by atoms with Crippen LogP contribution in [-0.2, 0) is 12.7 Å². The lowest BCUT2D eigenvalue weighted by Crippen LogP contribution is -2.23. The number of ether oxygens (including phenoxy) is 1. The third-order valence-electron chi connectivity index (χ3n) is 3.37. The highest BCUT2D eigenvalue weighted by Crippen LogP contribution is 2.29. The summed E-state index contributed by atoms with van der Waals surface area (Å²) in [6.45, 7) is -0.0171. The molecule has 0 aliphatic carbocycles. The SMILES string of the molecule is COc1ccc(C(=O)NCc2ccc(C(F)(F)F)cc2)cc1[N+](=O)[O-]. The molecule has 0 radical (unpaired) electrons. The second-order valence-electron chi connectivity index (χ2n) is 5.02. The molecule has 0 saturated heterocycles. The van der Waals surface area contributed by atoms with Crippen LogP contribution in [0.15, 0.2) is 42.5 Å². The van der Waals surface area contributed by atoms with E-state index in [0.717, 1.165) is 18.2 Å². The molecule has 9 heteroatoms. The number of carbonyl (C=O) groups is 1. The van der Waals surface area contributed by atoms with Gasteiger partial charge in [0, 0.05) is 18.2 Å². The van der Waals surface area contributed by atoms with E-state index in [1.165, 1.54) is 31.4 Å². The highest BCUT2D eigenvalue weighted by Gasteiger charge is 2.29. The highest BCUT2D eigenvalue weighted by atomic mass is 19.4. The van der Waals surface area contributed by atoms with Crippen molar-refractivity contribution in [1.29, 1.82) is 0 Å². The van der Waals surface area contributed by atoms with Gasteiger partial charge in [-0.05, 0) is 29.8 Å². The summed E-state index contributed by atoms with van der Waals surface area (Å²) < 4.78 is 42.3. The molecule has 0 aromatic heterocycles. The Balaban J connectivity index is 2.07. The van der Waals surface area contributed by atoms with Crippen LogP contribution in [0.4, 0.5) is 18.9 Å². The van der Waals surface area contributed by atoms with Crippen molar-refractivity contribution < 1.29 is 27.6 Å². The Labute approximate surface area is 140 Å². The van der Waals surface area contributed by atoms with E-state index in [9.17, 15) is 28.1 Å². The molecular weight excluding hydrogens is 341 g/mol. The minimum atomic E-state index is -4.43. The molecule has 0 unspecified atom stereocenters.